The highest BCUT2D eigenvalue weighted by Gasteiger charge is 2.21. The first-order chi connectivity index (χ1) is 15.2. The van der Waals surface area contributed by atoms with Crippen LogP contribution in [0.3, 0.4) is 0 Å². The van der Waals surface area contributed by atoms with Crippen LogP contribution >= 0.6 is 0 Å². The molecule has 0 aromatic heterocycles. The van der Waals surface area contributed by atoms with Crippen LogP contribution < -0.4 is 19.5 Å². The topological polar surface area (TPSA) is 58.6 Å². The molecular formula is C24H34N4O3. The molecule has 1 N–H and O–H groups in total. The molecule has 31 heavy (non-hydrogen) atoms. The van der Waals surface area contributed by atoms with Gasteiger partial charge in [0.25, 0.3) is 0 Å². The highest BCUT2D eigenvalue weighted by Crippen LogP contribution is 2.38. The summed E-state index contributed by atoms with van der Waals surface area (Å²) in [6, 6.07) is 14.6. The van der Waals surface area contributed by atoms with E-state index in [1.807, 2.05) is 25.2 Å². The van der Waals surface area contributed by atoms with Gasteiger partial charge in [-0.05, 0) is 29.7 Å². The largest absolute Gasteiger partial charge is 0.493 e. The molecule has 2 aromatic rings. The SMILES string of the molecule is CN=C(NCCc1ccccc1)N1CCN(Cc2cc(OC)c(OC)c(OC)c2)CC1. The Morgan fingerprint density at radius 2 is 1.55 bits per heavy atom. The zero-order chi connectivity index (χ0) is 22.1. The molecule has 0 radical (unpaired) electrons. The number of methoxy groups -OCH3 is 3. The van der Waals surface area contributed by atoms with Gasteiger partial charge in [0.2, 0.25) is 5.75 Å². The summed E-state index contributed by atoms with van der Waals surface area (Å²) in [5.41, 5.74) is 2.48. The summed E-state index contributed by atoms with van der Waals surface area (Å²) in [6.45, 7) is 5.53. The fourth-order valence-electron chi connectivity index (χ4n) is 3.90. The van der Waals surface area contributed by atoms with E-state index in [0.29, 0.717) is 17.2 Å². The Morgan fingerprint density at radius 3 is 2.10 bits per heavy atom. The second-order valence-corrected chi connectivity index (χ2v) is 7.51. The van der Waals surface area contributed by atoms with Crippen molar-refractivity contribution in [3.63, 3.8) is 0 Å². The lowest BCUT2D eigenvalue weighted by atomic mass is 10.1. The lowest BCUT2D eigenvalue weighted by Gasteiger charge is -2.36. The smallest absolute Gasteiger partial charge is 0.203 e. The Labute approximate surface area is 185 Å². The number of piperazine rings is 1. The maximum absolute atomic E-state index is 5.49. The molecule has 168 valence electrons. The Morgan fingerprint density at radius 1 is 0.903 bits per heavy atom. The van der Waals surface area contributed by atoms with Gasteiger partial charge in [-0.15, -0.1) is 0 Å². The van der Waals surface area contributed by atoms with Crippen LogP contribution in [-0.4, -0.2) is 76.9 Å². The minimum absolute atomic E-state index is 0.629. The molecule has 0 atom stereocenters. The van der Waals surface area contributed by atoms with E-state index in [4.69, 9.17) is 14.2 Å². The fraction of sp³-hybridized carbons (Fsp3) is 0.458. The number of ether oxygens (including phenoxy) is 3. The van der Waals surface area contributed by atoms with E-state index in [1.54, 1.807) is 21.3 Å². The Hall–Kier alpha value is -2.93. The molecule has 1 aliphatic heterocycles. The highest BCUT2D eigenvalue weighted by molar-refractivity contribution is 5.80. The first-order valence-corrected chi connectivity index (χ1v) is 10.7. The average Bonchev–Trinajstić information content (AvgIpc) is 2.82. The van der Waals surface area contributed by atoms with Crippen LogP contribution in [0.1, 0.15) is 11.1 Å². The van der Waals surface area contributed by atoms with E-state index in [0.717, 1.165) is 57.2 Å². The third-order valence-electron chi connectivity index (χ3n) is 5.55. The number of hydrogen-bond donors (Lipinski definition) is 1. The molecule has 0 bridgehead atoms. The van der Waals surface area contributed by atoms with Gasteiger partial charge in [0.15, 0.2) is 17.5 Å². The minimum Gasteiger partial charge on any atom is -0.493 e. The third kappa shape index (κ3) is 6.04. The summed E-state index contributed by atoms with van der Waals surface area (Å²) in [4.78, 5) is 9.25. The van der Waals surface area contributed by atoms with E-state index in [1.165, 1.54) is 5.56 Å². The number of nitrogens with one attached hydrogen (secondary N) is 1. The van der Waals surface area contributed by atoms with Gasteiger partial charge in [0, 0.05) is 46.3 Å². The maximum atomic E-state index is 5.49. The van der Waals surface area contributed by atoms with Crippen molar-refractivity contribution < 1.29 is 14.2 Å². The van der Waals surface area contributed by atoms with E-state index in [9.17, 15) is 0 Å². The number of benzene rings is 2. The number of guanidine groups is 1. The number of nitrogens with zero attached hydrogens (tertiary/aromatic N) is 3. The van der Waals surface area contributed by atoms with E-state index < -0.39 is 0 Å². The lowest BCUT2D eigenvalue weighted by Crippen LogP contribution is -2.52. The second-order valence-electron chi connectivity index (χ2n) is 7.51. The molecule has 7 heteroatoms. The zero-order valence-corrected chi connectivity index (χ0v) is 19.1. The van der Waals surface area contributed by atoms with Crippen LogP contribution in [0.15, 0.2) is 47.5 Å². The molecule has 0 amide bonds. The third-order valence-corrected chi connectivity index (χ3v) is 5.55. The van der Waals surface area contributed by atoms with Gasteiger partial charge in [0.05, 0.1) is 21.3 Å². The van der Waals surface area contributed by atoms with Crippen LogP contribution in [0, 0.1) is 0 Å². The second kappa shape index (κ2) is 11.5. The molecule has 0 saturated carbocycles. The van der Waals surface area contributed by atoms with Crippen molar-refractivity contribution in [2.75, 3.05) is 61.1 Å². The fourth-order valence-corrected chi connectivity index (χ4v) is 3.90. The highest BCUT2D eigenvalue weighted by atomic mass is 16.5. The average molecular weight is 427 g/mol. The van der Waals surface area contributed by atoms with Crippen molar-refractivity contribution >= 4 is 5.96 Å². The first-order valence-electron chi connectivity index (χ1n) is 10.7. The van der Waals surface area contributed by atoms with Gasteiger partial charge in [-0.2, -0.15) is 0 Å². The van der Waals surface area contributed by atoms with Gasteiger partial charge < -0.3 is 24.4 Å². The summed E-state index contributed by atoms with van der Waals surface area (Å²) in [6.07, 6.45) is 0.987. The quantitative estimate of drug-likeness (QED) is 0.517. The number of rotatable bonds is 8. The minimum atomic E-state index is 0.629. The molecule has 7 nitrogen and oxygen atoms in total. The zero-order valence-electron chi connectivity index (χ0n) is 19.1. The molecule has 1 saturated heterocycles. The van der Waals surface area contributed by atoms with Crippen molar-refractivity contribution in [3.8, 4) is 17.2 Å². The molecule has 0 unspecified atom stereocenters. The van der Waals surface area contributed by atoms with E-state index >= 15 is 0 Å². The van der Waals surface area contributed by atoms with E-state index in [2.05, 4.69) is 44.4 Å². The molecule has 3 rings (SSSR count). The summed E-state index contributed by atoms with van der Waals surface area (Å²) in [5, 5.41) is 3.51. The van der Waals surface area contributed by atoms with Crippen molar-refractivity contribution in [1.29, 1.82) is 0 Å². The predicted molar refractivity (Wildman–Crippen MR) is 124 cm³/mol. The molecule has 1 aliphatic rings. The molecule has 1 fully saturated rings. The molecule has 0 spiro atoms. The maximum Gasteiger partial charge on any atom is 0.203 e. The van der Waals surface area contributed by atoms with Gasteiger partial charge in [0.1, 0.15) is 0 Å². The van der Waals surface area contributed by atoms with Gasteiger partial charge >= 0.3 is 0 Å². The summed E-state index contributed by atoms with van der Waals surface area (Å²) in [7, 11) is 6.78. The van der Waals surface area contributed by atoms with Crippen LogP contribution in [0.5, 0.6) is 17.2 Å². The molecule has 1 heterocycles. The number of aliphatic imine (C=N–C) groups is 1. The van der Waals surface area contributed by atoms with E-state index in [-0.39, 0.29) is 0 Å². The summed E-state index contributed by atoms with van der Waals surface area (Å²) in [5.74, 6) is 2.99. The van der Waals surface area contributed by atoms with Gasteiger partial charge in [-0.3, -0.25) is 9.89 Å². The van der Waals surface area contributed by atoms with Crippen LogP contribution in [0.4, 0.5) is 0 Å². The summed E-state index contributed by atoms with van der Waals surface area (Å²) < 4.78 is 16.4. The first kappa shape index (κ1) is 22.7. The monoisotopic (exact) mass is 426 g/mol. The Balaban J connectivity index is 1.52. The van der Waals surface area contributed by atoms with Gasteiger partial charge in [-0.25, -0.2) is 0 Å². The Kier molecular flexibility index (Phi) is 8.41. The van der Waals surface area contributed by atoms with Crippen LogP contribution in [0.2, 0.25) is 0 Å². The predicted octanol–water partition coefficient (Wildman–Crippen LogP) is 2.65. The van der Waals surface area contributed by atoms with Crippen molar-refractivity contribution in [2.45, 2.75) is 13.0 Å². The van der Waals surface area contributed by atoms with Crippen molar-refractivity contribution in [1.82, 2.24) is 15.1 Å². The Bertz CT molecular complexity index is 824. The van der Waals surface area contributed by atoms with Gasteiger partial charge in [-0.1, -0.05) is 30.3 Å². The molecule has 2 aromatic carbocycles. The standard InChI is InChI=1S/C24H34N4O3/c1-25-24(26-11-10-19-8-6-5-7-9-19)28-14-12-27(13-15-28)18-20-16-21(29-2)23(31-4)22(17-20)30-3/h5-9,16-17H,10-15,18H2,1-4H3,(H,25,26). The lowest BCUT2D eigenvalue weighted by molar-refractivity contribution is 0.172. The van der Waals surface area contributed by atoms with Crippen molar-refractivity contribution in [3.05, 3.63) is 53.6 Å². The summed E-state index contributed by atoms with van der Waals surface area (Å²) >= 11 is 0. The number of hydrogen-bond acceptors (Lipinski definition) is 5. The molecular weight excluding hydrogens is 392 g/mol. The van der Waals surface area contributed by atoms with Crippen LogP contribution in [-0.2, 0) is 13.0 Å². The van der Waals surface area contributed by atoms with Crippen molar-refractivity contribution in [2.24, 2.45) is 4.99 Å². The normalized spacial score (nSPS) is 15.0. The molecule has 0 aliphatic carbocycles. The van der Waals surface area contributed by atoms with Crippen LogP contribution in [0.25, 0.3) is 0 Å².